The molecule has 2 rings (SSSR count). The minimum atomic E-state index is -0.842. The van der Waals surface area contributed by atoms with Crippen molar-refractivity contribution in [2.24, 2.45) is 17.3 Å². The Morgan fingerprint density at radius 3 is 2.73 bits per heavy atom. The summed E-state index contributed by atoms with van der Waals surface area (Å²) in [6, 6.07) is 0. The Morgan fingerprint density at radius 2 is 2.14 bits per heavy atom. The van der Waals surface area contributed by atoms with Crippen LogP contribution >= 0.6 is 0 Å². The maximum absolute atomic E-state index is 12.5. The van der Waals surface area contributed by atoms with Crippen LogP contribution in [0.25, 0.3) is 0 Å². The predicted molar refractivity (Wildman–Crippen MR) is 80.4 cm³/mol. The lowest BCUT2D eigenvalue weighted by Crippen LogP contribution is -2.45. The van der Waals surface area contributed by atoms with Gasteiger partial charge in [-0.1, -0.05) is 13.8 Å². The molecule has 0 aromatic carbocycles. The van der Waals surface area contributed by atoms with Gasteiger partial charge in [0.25, 0.3) is 5.91 Å². The summed E-state index contributed by atoms with van der Waals surface area (Å²) in [5, 5.41) is 9.62. The van der Waals surface area contributed by atoms with Gasteiger partial charge in [-0.25, -0.2) is 0 Å². The van der Waals surface area contributed by atoms with Crippen molar-refractivity contribution in [2.45, 2.75) is 39.7 Å². The van der Waals surface area contributed by atoms with Gasteiger partial charge >= 0.3 is 5.97 Å². The molecule has 126 valence electrons. The molecule has 2 saturated heterocycles. The number of carboxylic acid groups (broad SMARTS) is 1. The average molecular weight is 313 g/mol. The van der Waals surface area contributed by atoms with Crippen LogP contribution in [0.1, 0.15) is 33.6 Å². The van der Waals surface area contributed by atoms with Crippen molar-refractivity contribution in [3.63, 3.8) is 0 Å². The van der Waals surface area contributed by atoms with E-state index in [1.54, 1.807) is 11.8 Å². The highest BCUT2D eigenvalue weighted by molar-refractivity contribution is 5.83. The highest BCUT2D eigenvalue weighted by atomic mass is 16.5. The van der Waals surface area contributed by atoms with Crippen LogP contribution in [-0.4, -0.2) is 60.9 Å². The van der Waals surface area contributed by atoms with Crippen molar-refractivity contribution in [1.82, 2.24) is 4.90 Å². The molecule has 0 spiro atoms. The molecule has 6 nitrogen and oxygen atoms in total. The second-order valence-electron chi connectivity index (χ2n) is 6.90. The maximum Gasteiger partial charge on any atom is 0.311 e. The van der Waals surface area contributed by atoms with Crippen LogP contribution in [0, 0.1) is 17.3 Å². The highest BCUT2D eigenvalue weighted by Gasteiger charge is 2.55. The number of rotatable bonds is 6. The number of hydrogen-bond donors (Lipinski definition) is 1. The fourth-order valence-corrected chi connectivity index (χ4v) is 3.28. The molecule has 2 aliphatic rings. The lowest BCUT2D eigenvalue weighted by atomic mass is 9.74. The number of carboxylic acids is 1. The average Bonchev–Trinajstić information content (AvgIpc) is 2.86. The molecule has 0 radical (unpaired) electrons. The van der Waals surface area contributed by atoms with Gasteiger partial charge in [-0.2, -0.15) is 0 Å². The molecule has 0 aliphatic carbocycles. The fourth-order valence-electron chi connectivity index (χ4n) is 3.28. The van der Waals surface area contributed by atoms with E-state index < -0.39 is 17.5 Å². The Balaban J connectivity index is 1.95. The molecule has 1 N–H and O–H groups in total. The molecular formula is C16H27NO5. The Labute approximate surface area is 131 Å². The number of carbonyl (C=O) groups excluding carboxylic acids is 1. The minimum absolute atomic E-state index is 0.112. The van der Waals surface area contributed by atoms with Crippen LogP contribution < -0.4 is 0 Å². The summed E-state index contributed by atoms with van der Waals surface area (Å²) in [5.74, 6) is -0.516. The van der Waals surface area contributed by atoms with E-state index in [0.717, 1.165) is 6.42 Å². The second-order valence-corrected chi connectivity index (χ2v) is 6.90. The molecule has 2 aliphatic heterocycles. The van der Waals surface area contributed by atoms with Gasteiger partial charge in [0.2, 0.25) is 0 Å². The zero-order valence-corrected chi connectivity index (χ0v) is 13.7. The van der Waals surface area contributed by atoms with Crippen molar-refractivity contribution in [3.8, 4) is 0 Å². The number of ether oxygens (including phenoxy) is 2. The first-order valence-electron chi connectivity index (χ1n) is 8.08. The molecule has 3 atom stereocenters. The first-order chi connectivity index (χ1) is 10.4. The molecule has 2 fully saturated rings. The summed E-state index contributed by atoms with van der Waals surface area (Å²) >= 11 is 0. The molecule has 0 saturated carbocycles. The molecule has 22 heavy (non-hydrogen) atoms. The van der Waals surface area contributed by atoms with Crippen LogP contribution in [0.3, 0.4) is 0 Å². The minimum Gasteiger partial charge on any atom is -0.481 e. The van der Waals surface area contributed by atoms with Crippen molar-refractivity contribution < 1.29 is 24.2 Å². The van der Waals surface area contributed by atoms with E-state index in [2.05, 4.69) is 13.8 Å². The normalized spacial score (nSPS) is 29.5. The smallest absolute Gasteiger partial charge is 0.311 e. The van der Waals surface area contributed by atoms with E-state index in [1.807, 2.05) is 0 Å². The Morgan fingerprint density at radius 1 is 1.41 bits per heavy atom. The summed E-state index contributed by atoms with van der Waals surface area (Å²) in [7, 11) is 0. The van der Waals surface area contributed by atoms with Crippen LogP contribution in [0.5, 0.6) is 0 Å². The quantitative estimate of drug-likeness (QED) is 0.802. The van der Waals surface area contributed by atoms with E-state index in [-0.39, 0.29) is 18.4 Å². The first kappa shape index (κ1) is 17.2. The molecule has 0 aromatic rings. The molecule has 1 unspecified atom stereocenters. The molecule has 1 amide bonds. The zero-order valence-electron chi connectivity index (χ0n) is 13.7. The van der Waals surface area contributed by atoms with E-state index in [1.165, 1.54) is 0 Å². The predicted octanol–water partition coefficient (Wildman–Crippen LogP) is 1.39. The van der Waals surface area contributed by atoms with Crippen molar-refractivity contribution in [2.75, 3.05) is 32.9 Å². The van der Waals surface area contributed by atoms with Gasteiger partial charge in [0.15, 0.2) is 0 Å². The molecule has 0 aromatic heterocycles. The molecule has 2 heterocycles. The third kappa shape index (κ3) is 3.43. The number of hydrogen-bond acceptors (Lipinski definition) is 4. The van der Waals surface area contributed by atoms with Gasteiger partial charge in [-0.3, -0.25) is 9.59 Å². The Kier molecular flexibility index (Phi) is 5.45. The number of nitrogens with zero attached hydrogens (tertiary/aromatic N) is 1. The fraction of sp³-hybridized carbons (Fsp3) is 0.875. The summed E-state index contributed by atoms with van der Waals surface area (Å²) in [6.07, 6.45) is 0.859. The number of fused-ring (bicyclic) bond motifs is 1. The van der Waals surface area contributed by atoms with E-state index >= 15 is 0 Å². The van der Waals surface area contributed by atoms with Gasteiger partial charge in [0.05, 0.1) is 12.0 Å². The van der Waals surface area contributed by atoms with Gasteiger partial charge in [-0.15, -0.1) is 0 Å². The van der Waals surface area contributed by atoms with Crippen molar-refractivity contribution >= 4 is 11.9 Å². The SMILES string of the molecule is CC(C)CCOC(C)C(=O)N1C[C@H]2COCC[C@@]2(C(=O)O)C1. The van der Waals surface area contributed by atoms with Gasteiger partial charge in [0, 0.05) is 32.2 Å². The van der Waals surface area contributed by atoms with E-state index in [4.69, 9.17) is 9.47 Å². The second kappa shape index (κ2) is 6.96. The van der Waals surface area contributed by atoms with Crippen LogP contribution in [0.15, 0.2) is 0 Å². The zero-order chi connectivity index (χ0) is 16.3. The van der Waals surface area contributed by atoms with Crippen LogP contribution in [-0.2, 0) is 19.1 Å². The van der Waals surface area contributed by atoms with Crippen molar-refractivity contribution in [3.05, 3.63) is 0 Å². The number of carbonyl (C=O) groups is 2. The lowest BCUT2D eigenvalue weighted by Gasteiger charge is -2.33. The summed E-state index contributed by atoms with van der Waals surface area (Å²) in [4.78, 5) is 25.9. The monoisotopic (exact) mass is 313 g/mol. The van der Waals surface area contributed by atoms with Crippen LogP contribution in [0.2, 0.25) is 0 Å². The van der Waals surface area contributed by atoms with E-state index in [0.29, 0.717) is 38.7 Å². The first-order valence-corrected chi connectivity index (χ1v) is 8.08. The number of likely N-dealkylation sites (tertiary alicyclic amines) is 1. The maximum atomic E-state index is 12.5. The summed E-state index contributed by atoms with van der Waals surface area (Å²) in [5.41, 5.74) is -0.842. The summed E-state index contributed by atoms with van der Waals surface area (Å²) < 4.78 is 11.0. The largest absolute Gasteiger partial charge is 0.481 e. The van der Waals surface area contributed by atoms with Gasteiger partial charge in [0.1, 0.15) is 6.10 Å². The summed E-state index contributed by atoms with van der Waals surface area (Å²) in [6.45, 7) is 8.10. The van der Waals surface area contributed by atoms with E-state index in [9.17, 15) is 14.7 Å². The van der Waals surface area contributed by atoms with Crippen LogP contribution in [0.4, 0.5) is 0 Å². The number of amides is 1. The van der Waals surface area contributed by atoms with Gasteiger partial charge < -0.3 is 19.5 Å². The standard InChI is InChI=1S/C16H27NO5/c1-11(2)4-6-22-12(3)14(18)17-8-13-9-21-7-5-16(13,10-17)15(19)20/h11-13H,4-10H2,1-3H3,(H,19,20)/t12?,13-,16+/m0/s1. The third-order valence-corrected chi connectivity index (χ3v) is 4.86. The van der Waals surface area contributed by atoms with Crippen molar-refractivity contribution in [1.29, 1.82) is 0 Å². The molecule has 6 heteroatoms. The third-order valence-electron chi connectivity index (χ3n) is 4.86. The molecule has 0 bridgehead atoms. The van der Waals surface area contributed by atoms with Gasteiger partial charge in [-0.05, 0) is 25.7 Å². The topological polar surface area (TPSA) is 76.1 Å². The number of aliphatic carboxylic acids is 1. The highest BCUT2D eigenvalue weighted by Crippen LogP contribution is 2.42. The lowest BCUT2D eigenvalue weighted by molar-refractivity contribution is -0.157. The Hall–Kier alpha value is -1.14. The molecular weight excluding hydrogens is 286 g/mol. The Bertz CT molecular complexity index is 425.